The molecule has 0 aromatic heterocycles. The molecule has 1 aliphatic rings. The van der Waals surface area contributed by atoms with Crippen LogP contribution in [-0.2, 0) is 4.79 Å². The van der Waals surface area contributed by atoms with Crippen molar-refractivity contribution in [3.05, 3.63) is 0 Å². The number of aliphatic hydroxyl groups is 1. The van der Waals surface area contributed by atoms with Gasteiger partial charge in [0.1, 0.15) is 0 Å². The van der Waals surface area contributed by atoms with Gasteiger partial charge in [-0.1, -0.05) is 0 Å². The van der Waals surface area contributed by atoms with Crippen LogP contribution in [0, 0.1) is 0 Å². The van der Waals surface area contributed by atoms with Gasteiger partial charge in [0.25, 0.3) is 0 Å². The highest BCUT2D eigenvalue weighted by Crippen LogP contribution is 2.09. The van der Waals surface area contributed by atoms with E-state index in [1.165, 1.54) is 0 Å². The minimum atomic E-state index is 0.143. The second-order valence-corrected chi connectivity index (χ2v) is 5.21. The van der Waals surface area contributed by atoms with Crippen LogP contribution in [0.5, 0.6) is 0 Å². The minimum Gasteiger partial charge on any atom is -0.396 e. The molecular formula is C11H22N2O2S. The smallest absolute Gasteiger partial charge is 0.221 e. The highest BCUT2D eigenvalue weighted by atomic mass is 32.2. The third kappa shape index (κ3) is 6.35. The van der Waals surface area contributed by atoms with Gasteiger partial charge in [0.2, 0.25) is 5.91 Å². The average Bonchev–Trinajstić information content (AvgIpc) is 2.30. The summed E-state index contributed by atoms with van der Waals surface area (Å²) in [6.45, 7) is 2.00. The van der Waals surface area contributed by atoms with Gasteiger partial charge in [-0.05, 0) is 19.3 Å². The van der Waals surface area contributed by atoms with E-state index in [1.807, 2.05) is 11.8 Å². The number of unbranched alkanes of at least 4 members (excludes halogenated alkanes) is 2. The molecule has 16 heavy (non-hydrogen) atoms. The molecule has 1 unspecified atom stereocenters. The largest absolute Gasteiger partial charge is 0.396 e. The zero-order chi connectivity index (χ0) is 11.6. The monoisotopic (exact) mass is 246 g/mol. The van der Waals surface area contributed by atoms with Gasteiger partial charge in [-0.2, -0.15) is 11.8 Å². The third-order valence-electron chi connectivity index (χ3n) is 2.59. The van der Waals surface area contributed by atoms with Crippen molar-refractivity contribution in [3.63, 3.8) is 0 Å². The topological polar surface area (TPSA) is 61.4 Å². The van der Waals surface area contributed by atoms with Gasteiger partial charge in [-0.15, -0.1) is 0 Å². The molecule has 5 heteroatoms. The molecule has 1 aliphatic heterocycles. The Balaban J connectivity index is 1.97. The first-order valence-electron chi connectivity index (χ1n) is 6.01. The maximum atomic E-state index is 11.5. The van der Waals surface area contributed by atoms with Crippen LogP contribution in [-0.4, -0.2) is 48.3 Å². The summed E-state index contributed by atoms with van der Waals surface area (Å²) in [6, 6.07) is 0.344. The summed E-state index contributed by atoms with van der Waals surface area (Å²) in [5, 5.41) is 14.9. The van der Waals surface area contributed by atoms with Crippen LogP contribution in [0.4, 0.5) is 0 Å². The number of amides is 1. The van der Waals surface area contributed by atoms with E-state index in [2.05, 4.69) is 10.6 Å². The van der Waals surface area contributed by atoms with E-state index in [4.69, 9.17) is 5.11 Å². The van der Waals surface area contributed by atoms with Crippen molar-refractivity contribution in [1.82, 2.24) is 10.6 Å². The number of hydrogen-bond donors (Lipinski definition) is 3. The normalized spacial score (nSPS) is 20.7. The van der Waals surface area contributed by atoms with Gasteiger partial charge in [-0.3, -0.25) is 4.79 Å². The summed E-state index contributed by atoms with van der Waals surface area (Å²) in [4.78, 5) is 11.5. The molecule has 0 radical (unpaired) electrons. The first kappa shape index (κ1) is 13.8. The molecule has 1 amide bonds. The quantitative estimate of drug-likeness (QED) is 0.568. The fraction of sp³-hybridized carbons (Fsp3) is 0.909. The van der Waals surface area contributed by atoms with Gasteiger partial charge in [-0.25, -0.2) is 0 Å². The van der Waals surface area contributed by atoms with Crippen LogP contribution >= 0.6 is 11.8 Å². The van der Waals surface area contributed by atoms with E-state index in [9.17, 15) is 4.79 Å². The molecule has 94 valence electrons. The van der Waals surface area contributed by atoms with Crippen LogP contribution in [0.3, 0.4) is 0 Å². The van der Waals surface area contributed by atoms with E-state index in [0.29, 0.717) is 12.5 Å². The van der Waals surface area contributed by atoms with Gasteiger partial charge in [0.15, 0.2) is 0 Å². The highest BCUT2D eigenvalue weighted by molar-refractivity contribution is 7.99. The standard InChI is InChI=1S/C11H22N2O2S/c14-6-3-1-2-4-13-11(15)8-10-9-16-7-5-12-10/h10,12,14H,1-9H2,(H,13,15). The van der Waals surface area contributed by atoms with Crippen LogP contribution in [0.25, 0.3) is 0 Å². The number of rotatable bonds is 7. The van der Waals surface area contributed by atoms with Gasteiger partial charge in [0.05, 0.1) is 0 Å². The average molecular weight is 246 g/mol. The van der Waals surface area contributed by atoms with Crippen LogP contribution < -0.4 is 10.6 Å². The molecule has 4 nitrogen and oxygen atoms in total. The number of thioether (sulfide) groups is 1. The van der Waals surface area contributed by atoms with Crippen LogP contribution in [0.1, 0.15) is 25.7 Å². The fourth-order valence-corrected chi connectivity index (χ4v) is 2.64. The molecule has 0 spiro atoms. The summed E-state index contributed by atoms with van der Waals surface area (Å²) in [6.07, 6.45) is 3.36. The van der Waals surface area contributed by atoms with E-state index < -0.39 is 0 Å². The Hall–Kier alpha value is -0.260. The second-order valence-electron chi connectivity index (χ2n) is 4.06. The Morgan fingerprint density at radius 1 is 1.44 bits per heavy atom. The fourth-order valence-electron chi connectivity index (χ4n) is 1.69. The molecule has 1 fully saturated rings. The Bertz CT molecular complexity index is 196. The molecule has 1 heterocycles. The van der Waals surface area contributed by atoms with E-state index >= 15 is 0 Å². The van der Waals surface area contributed by atoms with Gasteiger partial charge >= 0.3 is 0 Å². The van der Waals surface area contributed by atoms with Crippen molar-refractivity contribution >= 4 is 17.7 Å². The molecule has 1 rings (SSSR count). The van der Waals surface area contributed by atoms with Crippen LogP contribution in [0.15, 0.2) is 0 Å². The number of aliphatic hydroxyl groups excluding tert-OH is 1. The van der Waals surface area contributed by atoms with Gasteiger partial charge in [0, 0.05) is 43.7 Å². The highest BCUT2D eigenvalue weighted by Gasteiger charge is 2.15. The molecule has 0 bridgehead atoms. The van der Waals surface area contributed by atoms with Crippen molar-refractivity contribution < 1.29 is 9.90 Å². The first-order valence-corrected chi connectivity index (χ1v) is 7.17. The first-order chi connectivity index (χ1) is 7.83. The number of carbonyl (C=O) groups excluding carboxylic acids is 1. The van der Waals surface area contributed by atoms with E-state index in [-0.39, 0.29) is 12.5 Å². The molecule has 0 aromatic carbocycles. The summed E-state index contributed by atoms with van der Waals surface area (Å²) in [7, 11) is 0. The van der Waals surface area contributed by atoms with Crippen molar-refractivity contribution in [2.45, 2.75) is 31.7 Å². The molecular weight excluding hydrogens is 224 g/mol. The summed E-state index contributed by atoms with van der Waals surface area (Å²) >= 11 is 1.91. The molecule has 0 aromatic rings. The summed E-state index contributed by atoms with van der Waals surface area (Å²) < 4.78 is 0. The zero-order valence-electron chi connectivity index (χ0n) is 9.71. The Morgan fingerprint density at radius 2 is 2.31 bits per heavy atom. The van der Waals surface area contributed by atoms with Gasteiger partial charge < -0.3 is 15.7 Å². The van der Waals surface area contributed by atoms with Crippen molar-refractivity contribution in [2.75, 3.05) is 31.2 Å². The molecule has 0 saturated carbocycles. The third-order valence-corrected chi connectivity index (χ3v) is 3.72. The minimum absolute atomic E-state index is 0.143. The lowest BCUT2D eigenvalue weighted by atomic mass is 10.2. The van der Waals surface area contributed by atoms with Crippen LogP contribution in [0.2, 0.25) is 0 Å². The Kier molecular flexibility index (Phi) is 7.63. The maximum absolute atomic E-state index is 11.5. The van der Waals surface area contributed by atoms with Crippen molar-refractivity contribution in [3.8, 4) is 0 Å². The predicted molar refractivity (Wildman–Crippen MR) is 67.7 cm³/mol. The zero-order valence-corrected chi connectivity index (χ0v) is 10.5. The number of carbonyl (C=O) groups is 1. The number of nitrogens with one attached hydrogen (secondary N) is 2. The SMILES string of the molecule is O=C(CC1CSCCN1)NCCCCCO. The number of hydrogen-bond acceptors (Lipinski definition) is 4. The lowest BCUT2D eigenvalue weighted by molar-refractivity contribution is -0.121. The lowest BCUT2D eigenvalue weighted by Crippen LogP contribution is -2.41. The molecule has 1 saturated heterocycles. The van der Waals surface area contributed by atoms with E-state index in [1.54, 1.807) is 0 Å². The summed E-state index contributed by atoms with van der Waals surface area (Å²) in [5.41, 5.74) is 0. The van der Waals surface area contributed by atoms with E-state index in [0.717, 1.165) is 43.9 Å². The van der Waals surface area contributed by atoms with Crippen molar-refractivity contribution in [2.24, 2.45) is 0 Å². The molecule has 0 aliphatic carbocycles. The lowest BCUT2D eigenvalue weighted by Gasteiger charge is -2.22. The predicted octanol–water partition coefficient (Wildman–Crippen LogP) is 0.360. The summed E-state index contributed by atoms with van der Waals surface area (Å²) in [5.74, 6) is 2.33. The van der Waals surface area contributed by atoms with Crippen molar-refractivity contribution in [1.29, 1.82) is 0 Å². The Labute approximate surface area is 102 Å². The Morgan fingerprint density at radius 3 is 3.00 bits per heavy atom. The maximum Gasteiger partial charge on any atom is 0.221 e. The second kappa shape index (κ2) is 8.84. The molecule has 3 N–H and O–H groups in total. The molecule has 1 atom stereocenters.